The Morgan fingerprint density at radius 3 is 2.62 bits per heavy atom. The fourth-order valence-electron chi connectivity index (χ4n) is 2.83. The van der Waals surface area contributed by atoms with Crippen molar-refractivity contribution in [3.05, 3.63) is 23.8 Å². The number of hydrogen-bond donors (Lipinski definition) is 2. The normalized spacial score (nSPS) is 22.5. The van der Waals surface area contributed by atoms with Crippen LogP contribution in [0.25, 0.3) is 0 Å². The second kappa shape index (κ2) is 6.64. The summed E-state index contributed by atoms with van der Waals surface area (Å²) >= 11 is 0. The summed E-state index contributed by atoms with van der Waals surface area (Å²) in [7, 11) is -0.0419. The number of hydrazine groups is 1. The van der Waals surface area contributed by atoms with Crippen LogP contribution in [-0.4, -0.2) is 33.6 Å². The van der Waals surface area contributed by atoms with E-state index in [0.717, 1.165) is 18.4 Å². The third-order valence-corrected chi connectivity index (χ3v) is 6.24. The van der Waals surface area contributed by atoms with Crippen LogP contribution in [-0.2, 0) is 9.84 Å². The number of methoxy groups -OCH3 is 2. The van der Waals surface area contributed by atoms with Crippen LogP contribution < -0.4 is 20.7 Å². The number of benzene rings is 1. The first-order valence-electron chi connectivity index (χ1n) is 6.93. The van der Waals surface area contributed by atoms with Crippen molar-refractivity contribution in [2.75, 3.05) is 20.0 Å². The van der Waals surface area contributed by atoms with Gasteiger partial charge in [0.15, 0.2) is 9.84 Å². The fourth-order valence-corrected chi connectivity index (χ4v) is 4.90. The highest BCUT2D eigenvalue weighted by molar-refractivity contribution is 7.92. The minimum absolute atomic E-state index is 0.217. The number of hydrogen-bond acceptors (Lipinski definition) is 6. The minimum atomic E-state index is -3.15. The van der Waals surface area contributed by atoms with Gasteiger partial charge in [-0.1, -0.05) is 6.42 Å². The third-order valence-electron chi connectivity index (χ3n) is 3.96. The van der Waals surface area contributed by atoms with Crippen molar-refractivity contribution in [1.82, 2.24) is 5.43 Å². The molecule has 1 aliphatic rings. The molecule has 1 saturated heterocycles. The van der Waals surface area contributed by atoms with Gasteiger partial charge in [-0.25, -0.2) is 8.42 Å². The van der Waals surface area contributed by atoms with E-state index in [9.17, 15) is 8.42 Å². The Morgan fingerprint density at radius 1 is 1.29 bits per heavy atom. The van der Waals surface area contributed by atoms with E-state index in [1.165, 1.54) is 0 Å². The van der Waals surface area contributed by atoms with Gasteiger partial charge in [0.05, 0.1) is 31.3 Å². The Hall–Kier alpha value is -1.31. The van der Waals surface area contributed by atoms with Gasteiger partial charge in [0.2, 0.25) is 0 Å². The van der Waals surface area contributed by atoms with Gasteiger partial charge >= 0.3 is 0 Å². The minimum Gasteiger partial charge on any atom is -0.497 e. The van der Waals surface area contributed by atoms with Gasteiger partial charge < -0.3 is 9.47 Å². The highest BCUT2D eigenvalue weighted by atomic mass is 32.2. The summed E-state index contributed by atoms with van der Waals surface area (Å²) in [4.78, 5) is 0. The molecule has 0 aromatic heterocycles. The molecule has 1 aromatic rings. The number of nitrogens with two attached hydrogens (primary N) is 1. The average Bonchev–Trinajstić information content (AvgIpc) is 2.49. The molecule has 0 amide bonds. The van der Waals surface area contributed by atoms with Gasteiger partial charge in [0.1, 0.15) is 11.5 Å². The van der Waals surface area contributed by atoms with E-state index in [-0.39, 0.29) is 5.75 Å². The molecule has 7 heteroatoms. The first kappa shape index (κ1) is 16.1. The van der Waals surface area contributed by atoms with Gasteiger partial charge in [-0.15, -0.1) is 0 Å². The molecule has 118 valence electrons. The van der Waals surface area contributed by atoms with Crippen LogP contribution in [0.15, 0.2) is 18.2 Å². The molecule has 0 radical (unpaired) electrons. The van der Waals surface area contributed by atoms with Gasteiger partial charge in [0.25, 0.3) is 0 Å². The Morgan fingerprint density at radius 2 is 2.05 bits per heavy atom. The van der Waals surface area contributed by atoms with E-state index in [1.807, 2.05) is 0 Å². The van der Waals surface area contributed by atoms with Gasteiger partial charge in [-0.3, -0.25) is 11.3 Å². The largest absolute Gasteiger partial charge is 0.497 e. The zero-order chi connectivity index (χ0) is 15.5. The van der Waals surface area contributed by atoms with Gasteiger partial charge in [0, 0.05) is 11.6 Å². The molecule has 2 atom stereocenters. The van der Waals surface area contributed by atoms with E-state index >= 15 is 0 Å². The molecule has 1 heterocycles. The summed E-state index contributed by atoms with van der Waals surface area (Å²) in [6, 6.07) is 4.81. The number of ether oxygens (including phenoxy) is 2. The first-order valence-corrected chi connectivity index (χ1v) is 8.64. The molecular formula is C14H22N2O4S. The number of sulfone groups is 1. The summed E-state index contributed by atoms with van der Waals surface area (Å²) in [5, 5.41) is -0.529. The van der Waals surface area contributed by atoms with Crippen molar-refractivity contribution in [2.24, 2.45) is 5.84 Å². The van der Waals surface area contributed by atoms with Gasteiger partial charge in [-0.2, -0.15) is 0 Å². The summed E-state index contributed by atoms with van der Waals surface area (Å²) in [5.74, 6) is 7.08. The molecule has 0 bridgehead atoms. The fraction of sp³-hybridized carbons (Fsp3) is 0.571. The Balaban J connectivity index is 2.41. The van der Waals surface area contributed by atoms with Crippen LogP contribution in [0.3, 0.4) is 0 Å². The highest BCUT2D eigenvalue weighted by Gasteiger charge is 2.37. The summed E-state index contributed by atoms with van der Waals surface area (Å²) < 4.78 is 35.2. The van der Waals surface area contributed by atoms with Crippen molar-refractivity contribution in [1.29, 1.82) is 0 Å². The van der Waals surface area contributed by atoms with Crippen LogP contribution >= 0.6 is 0 Å². The second-order valence-electron chi connectivity index (χ2n) is 5.15. The topological polar surface area (TPSA) is 90.6 Å². The lowest BCUT2D eigenvalue weighted by Crippen LogP contribution is -2.43. The molecular weight excluding hydrogens is 292 g/mol. The predicted molar refractivity (Wildman–Crippen MR) is 81.0 cm³/mol. The number of nitrogens with one attached hydrogen (secondary N) is 1. The van der Waals surface area contributed by atoms with Crippen LogP contribution in [0.5, 0.6) is 11.5 Å². The smallest absolute Gasteiger partial charge is 0.155 e. The molecule has 1 aromatic carbocycles. The molecule has 21 heavy (non-hydrogen) atoms. The molecule has 0 aliphatic carbocycles. The average molecular weight is 314 g/mol. The van der Waals surface area contributed by atoms with E-state index in [4.69, 9.17) is 15.3 Å². The molecule has 3 N–H and O–H groups in total. The standard InChI is InChI=1S/C14H22N2O4S/c1-19-10-6-7-11(12(9-10)20-2)14(16-15)13-5-3-4-8-21(13,17)18/h6-7,9,13-14,16H,3-5,8,15H2,1-2H3. The molecule has 1 aliphatic heterocycles. The maximum absolute atomic E-state index is 12.3. The molecule has 0 saturated carbocycles. The van der Waals surface area contributed by atoms with Crippen molar-refractivity contribution in [3.8, 4) is 11.5 Å². The lowest BCUT2D eigenvalue weighted by Gasteiger charge is -2.30. The number of rotatable bonds is 5. The summed E-state index contributed by atoms with van der Waals surface area (Å²) in [5.41, 5.74) is 3.39. The zero-order valence-electron chi connectivity index (χ0n) is 12.3. The lowest BCUT2D eigenvalue weighted by atomic mass is 9.99. The van der Waals surface area contributed by atoms with Crippen molar-refractivity contribution < 1.29 is 17.9 Å². The Bertz CT molecular complexity index is 589. The summed E-state index contributed by atoms with van der Waals surface area (Å²) in [6.45, 7) is 0. The molecule has 2 unspecified atom stereocenters. The maximum Gasteiger partial charge on any atom is 0.155 e. The van der Waals surface area contributed by atoms with Crippen LogP contribution in [0.4, 0.5) is 0 Å². The van der Waals surface area contributed by atoms with E-state index in [0.29, 0.717) is 17.9 Å². The van der Waals surface area contributed by atoms with Crippen LogP contribution in [0.2, 0.25) is 0 Å². The third kappa shape index (κ3) is 3.30. The van der Waals surface area contributed by atoms with Crippen molar-refractivity contribution >= 4 is 9.84 Å². The Kier molecular flexibility index (Phi) is 5.08. The maximum atomic E-state index is 12.3. The summed E-state index contributed by atoms with van der Waals surface area (Å²) in [6.07, 6.45) is 2.21. The SMILES string of the molecule is COc1ccc(C(NN)C2CCCCS2(=O)=O)c(OC)c1. The Labute approximate surface area is 125 Å². The highest BCUT2D eigenvalue weighted by Crippen LogP contribution is 2.36. The van der Waals surface area contributed by atoms with Crippen LogP contribution in [0.1, 0.15) is 30.9 Å². The van der Waals surface area contributed by atoms with E-state index in [1.54, 1.807) is 32.4 Å². The molecule has 6 nitrogen and oxygen atoms in total. The monoisotopic (exact) mass is 314 g/mol. The van der Waals surface area contributed by atoms with E-state index < -0.39 is 21.1 Å². The van der Waals surface area contributed by atoms with Crippen molar-refractivity contribution in [3.63, 3.8) is 0 Å². The molecule has 0 spiro atoms. The van der Waals surface area contributed by atoms with Gasteiger partial charge in [-0.05, 0) is 25.0 Å². The molecule has 1 fully saturated rings. The van der Waals surface area contributed by atoms with Crippen molar-refractivity contribution in [2.45, 2.75) is 30.6 Å². The lowest BCUT2D eigenvalue weighted by molar-refractivity contribution is 0.378. The second-order valence-corrected chi connectivity index (χ2v) is 7.49. The van der Waals surface area contributed by atoms with Crippen LogP contribution in [0, 0.1) is 0 Å². The zero-order valence-corrected chi connectivity index (χ0v) is 13.2. The quantitative estimate of drug-likeness (QED) is 0.626. The van der Waals surface area contributed by atoms with E-state index in [2.05, 4.69) is 5.43 Å². The molecule has 2 rings (SSSR count). The predicted octanol–water partition coefficient (Wildman–Crippen LogP) is 1.18. The first-order chi connectivity index (χ1) is 10.0.